The molecule has 176 valence electrons. The molecule has 0 aliphatic heterocycles. The van der Waals surface area contributed by atoms with Crippen molar-refractivity contribution < 1.29 is 35.9 Å². The van der Waals surface area contributed by atoms with Crippen LogP contribution in [0.4, 0.5) is 0 Å². The third-order valence-corrected chi connectivity index (χ3v) is 7.89. The van der Waals surface area contributed by atoms with E-state index >= 15 is 0 Å². The number of unbranched alkanes of at least 4 members (excludes halogenated alkanes) is 9. The summed E-state index contributed by atoms with van der Waals surface area (Å²) < 4.78 is 59.6. The van der Waals surface area contributed by atoms with Gasteiger partial charge in [0.2, 0.25) is 0 Å². The molecule has 0 spiro atoms. The SMILES string of the molecule is CCCCCCCCCCCCC(OS(=O)(=O)O)C(C)(O)P(=O)(OCC)OCC. The van der Waals surface area contributed by atoms with Crippen molar-refractivity contribution in [1.29, 1.82) is 0 Å². The third kappa shape index (κ3) is 11.8. The van der Waals surface area contributed by atoms with Crippen LogP contribution in [-0.4, -0.2) is 42.7 Å². The molecule has 2 unspecified atom stereocenters. The van der Waals surface area contributed by atoms with Gasteiger partial charge in [-0.15, -0.1) is 0 Å². The average Bonchev–Trinajstić information content (AvgIpc) is 2.61. The second kappa shape index (κ2) is 14.9. The largest absolute Gasteiger partial charge is 0.397 e. The van der Waals surface area contributed by atoms with Gasteiger partial charge in [-0.25, -0.2) is 4.18 Å². The Morgan fingerprint density at radius 2 is 1.28 bits per heavy atom. The molecule has 0 aromatic heterocycles. The first-order chi connectivity index (χ1) is 13.5. The fraction of sp³-hybridized carbons (Fsp3) is 1.00. The van der Waals surface area contributed by atoms with Gasteiger partial charge in [-0.2, -0.15) is 8.42 Å². The Balaban J connectivity index is 4.72. The maximum Gasteiger partial charge on any atom is 0.397 e. The van der Waals surface area contributed by atoms with Crippen LogP contribution in [0.1, 0.15) is 98.3 Å². The first kappa shape index (κ1) is 29.0. The zero-order chi connectivity index (χ0) is 22.4. The van der Waals surface area contributed by atoms with E-state index in [4.69, 9.17) is 13.6 Å². The normalized spacial score (nSPS) is 15.9. The Bertz CT molecular complexity index is 555. The molecule has 0 rings (SSSR count). The molecule has 29 heavy (non-hydrogen) atoms. The Hall–Kier alpha value is -0.0200. The van der Waals surface area contributed by atoms with Crippen molar-refractivity contribution in [3.05, 3.63) is 0 Å². The summed E-state index contributed by atoms with van der Waals surface area (Å²) in [5.74, 6) is 0. The average molecular weight is 461 g/mol. The molecular formula is C19H41O8PS. The predicted octanol–water partition coefficient (Wildman–Crippen LogP) is 5.46. The van der Waals surface area contributed by atoms with Crippen molar-refractivity contribution in [2.24, 2.45) is 0 Å². The predicted molar refractivity (Wildman–Crippen MR) is 114 cm³/mol. The zero-order valence-electron chi connectivity index (χ0n) is 18.5. The molecule has 8 nitrogen and oxygen atoms in total. The van der Waals surface area contributed by atoms with Crippen LogP contribution in [-0.2, 0) is 28.2 Å². The molecule has 0 aliphatic carbocycles. The minimum atomic E-state index is -4.85. The summed E-state index contributed by atoms with van der Waals surface area (Å²) in [5, 5.41) is 8.62. The minimum absolute atomic E-state index is 0.00424. The standard InChI is InChI=1S/C19H41O8PS/c1-5-8-9-10-11-12-13-14-15-16-17-18(27-29(22,23)24)19(4,20)28(21,25-6-2)26-7-3/h18,20H,5-17H2,1-4H3,(H,22,23,24). The number of hydrogen-bond donors (Lipinski definition) is 2. The second-order valence-corrected chi connectivity index (χ2v) is 10.9. The van der Waals surface area contributed by atoms with Crippen molar-refractivity contribution >= 4 is 18.0 Å². The molecule has 0 amide bonds. The molecule has 0 aromatic rings. The Morgan fingerprint density at radius 3 is 1.66 bits per heavy atom. The fourth-order valence-electron chi connectivity index (χ4n) is 3.19. The van der Waals surface area contributed by atoms with Gasteiger partial charge in [0.25, 0.3) is 0 Å². The summed E-state index contributed by atoms with van der Waals surface area (Å²) >= 11 is 0. The highest BCUT2D eigenvalue weighted by molar-refractivity contribution is 7.80. The second-order valence-electron chi connectivity index (χ2n) is 7.41. The van der Waals surface area contributed by atoms with Crippen molar-refractivity contribution in [1.82, 2.24) is 0 Å². The van der Waals surface area contributed by atoms with Crippen LogP contribution in [0.15, 0.2) is 0 Å². The van der Waals surface area contributed by atoms with Crippen LogP contribution in [0.25, 0.3) is 0 Å². The van der Waals surface area contributed by atoms with Crippen molar-refractivity contribution in [2.45, 2.75) is 110 Å². The van der Waals surface area contributed by atoms with Gasteiger partial charge in [0.05, 0.1) is 13.2 Å². The number of rotatable bonds is 19. The van der Waals surface area contributed by atoms with Crippen molar-refractivity contribution in [2.75, 3.05) is 13.2 Å². The Morgan fingerprint density at radius 1 is 0.862 bits per heavy atom. The van der Waals surface area contributed by atoms with Gasteiger partial charge in [0.15, 0.2) is 5.34 Å². The number of aliphatic hydroxyl groups is 1. The molecule has 0 bridgehead atoms. The van der Waals surface area contributed by atoms with Gasteiger partial charge in [-0.3, -0.25) is 9.12 Å². The monoisotopic (exact) mass is 460 g/mol. The summed E-state index contributed by atoms with van der Waals surface area (Å²) in [6.07, 6.45) is 9.48. The van der Waals surface area contributed by atoms with Crippen LogP contribution >= 0.6 is 7.60 Å². The molecule has 0 saturated carbocycles. The van der Waals surface area contributed by atoms with Gasteiger partial charge in [-0.05, 0) is 27.2 Å². The molecule has 0 heterocycles. The molecule has 0 aromatic carbocycles. The van der Waals surface area contributed by atoms with Gasteiger partial charge in [-0.1, -0.05) is 71.1 Å². The number of hydrogen-bond acceptors (Lipinski definition) is 7. The lowest BCUT2D eigenvalue weighted by atomic mass is 10.0. The highest BCUT2D eigenvalue weighted by atomic mass is 32.3. The topological polar surface area (TPSA) is 119 Å². The van der Waals surface area contributed by atoms with Crippen LogP contribution < -0.4 is 0 Å². The summed E-state index contributed by atoms with van der Waals surface area (Å²) in [4.78, 5) is 0. The lowest BCUT2D eigenvalue weighted by Crippen LogP contribution is -2.43. The smallest absolute Gasteiger partial charge is 0.375 e. The molecule has 0 radical (unpaired) electrons. The van der Waals surface area contributed by atoms with Crippen LogP contribution in [0, 0.1) is 0 Å². The lowest BCUT2D eigenvalue weighted by molar-refractivity contribution is -0.0193. The van der Waals surface area contributed by atoms with Crippen LogP contribution in [0.2, 0.25) is 0 Å². The minimum Gasteiger partial charge on any atom is -0.375 e. The zero-order valence-corrected chi connectivity index (χ0v) is 20.2. The summed E-state index contributed by atoms with van der Waals surface area (Å²) in [6, 6.07) is 0. The van der Waals surface area contributed by atoms with E-state index in [1.165, 1.54) is 32.1 Å². The summed E-state index contributed by atoms with van der Waals surface area (Å²) in [7, 11) is -8.94. The van der Waals surface area contributed by atoms with Gasteiger partial charge < -0.3 is 14.2 Å². The molecule has 0 fully saturated rings. The quantitative estimate of drug-likeness (QED) is 0.148. The lowest BCUT2D eigenvalue weighted by Gasteiger charge is -2.36. The highest BCUT2D eigenvalue weighted by Gasteiger charge is 2.53. The highest BCUT2D eigenvalue weighted by Crippen LogP contribution is 2.61. The Labute approximate surface area is 177 Å². The van der Waals surface area contributed by atoms with E-state index in [2.05, 4.69) is 11.1 Å². The maximum absolute atomic E-state index is 13.0. The Kier molecular flexibility index (Phi) is 14.9. The van der Waals surface area contributed by atoms with E-state index in [0.29, 0.717) is 6.42 Å². The van der Waals surface area contributed by atoms with Crippen molar-refractivity contribution in [3.63, 3.8) is 0 Å². The van der Waals surface area contributed by atoms with Crippen molar-refractivity contribution in [3.8, 4) is 0 Å². The molecule has 2 N–H and O–H groups in total. The van der Waals surface area contributed by atoms with E-state index < -0.39 is 29.4 Å². The van der Waals surface area contributed by atoms with Gasteiger partial charge in [0, 0.05) is 0 Å². The third-order valence-electron chi connectivity index (χ3n) is 4.82. The van der Waals surface area contributed by atoms with E-state index in [-0.39, 0.29) is 19.6 Å². The van der Waals surface area contributed by atoms with E-state index in [1.807, 2.05) is 0 Å². The maximum atomic E-state index is 13.0. The molecular weight excluding hydrogens is 419 g/mol. The van der Waals surface area contributed by atoms with E-state index in [0.717, 1.165) is 32.6 Å². The first-order valence-electron chi connectivity index (χ1n) is 10.8. The van der Waals surface area contributed by atoms with Crippen LogP contribution in [0.5, 0.6) is 0 Å². The van der Waals surface area contributed by atoms with Gasteiger partial charge >= 0.3 is 18.0 Å². The first-order valence-corrected chi connectivity index (χ1v) is 13.7. The molecule has 0 saturated heterocycles. The van der Waals surface area contributed by atoms with E-state index in [9.17, 15) is 18.1 Å². The fourth-order valence-corrected chi connectivity index (χ4v) is 5.65. The molecule has 10 heteroatoms. The van der Waals surface area contributed by atoms with Gasteiger partial charge in [0.1, 0.15) is 6.10 Å². The van der Waals surface area contributed by atoms with Crippen LogP contribution in [0.3, 0.4) is 0 Å². The summed E-state index contributed by atoms with van der Waals surface area (Å²) in [6.45, 7) is 6.53. The molecule has 2 atom stereocenters. The molecule has 0 aliphatic rings. The van der Waals surface area contributed by atoms with E-state index in [1.54, 1.807) is 13.8 Å². The summed E-state index contributed by atoms with van der Waals surface area (Å²) in [5.41, 5.74) is 0.